The maximum atomic E-state index is 5.95. The van der Waals surface area contributed by atoms with E-state index in [0.717, 1.165) is 29.3 Å². The third-order valence-electron chi connectivity index (χ3n) is 2.48. The van der Waals surface area contributed by atoms with E-state index in [9.17, 15) is 0 Å². The van der Waals surface area contributed by atoms with E-state index >= 15 is 0 Å². The lowest BCUT2D eigenvalue weighted by Crippen LogP contribution is -2.21. The Labute approximate surface area is 102 Å². The van der Waals surface area contributed by atoms with Gasteiger partial charge in [0, 0.05) is 17.9 Å². The fourth-order valence-electron chi connectivity index (χ4n) is 1.48. The highest BCUT2D eigenvalue weighted by Gasteiger charge is 2.07. The van der Waals surface area contributed by atoms with Crippen LogP contribution in [0.15, 0.2) is 18.2 Å². The molecule has 4 heteroatoms. The third-order valence-corrected chi connectivity index (χ3v) is 3.21. The first-order valence-electron chi connectivity index (χ1n) is 5.40. The van der Waals surface area contributed by atoms with Crippen molar-refractivity contribution in [2.24, 2.45) is 0 Å². The Balaban J connectivity index is 2.72. The fourth-order valence-corrected chi connectivity index (χ4v) is 2.20. The van der Waals surface area contributed by atoms with Crippen molar-refractivity contribution in [3.8, 4) is 5.75 Å². The lowest BCUT2D eigenvalue weighted by molar-refractivity contribution is 0.415. The summed E-state index contributed by atoms with van der Waals surface area (Å²) < 4.78 is 5.12. The van der Waals surface area contributed by atoms with Crippen LogP contribution >= 0.6 is 11.8 Å². The molecule has 0 fully saturated rings. The molecule has 0 heterocycles. The van der Waals surface area contributed by atoms with Crippen molar-refractivity contribution in [3.63, 3.8) is 0 Å². The molecule has 1 aromatic rings. The van der Waals surface area contributed by atoms with Crippen LogP contribution in [0.25, 0.3) is 0 Å². The Kier molecular flexibility index (Phi) is 5.32. The van der Waals surface area contributed by atoms with Crippen LogP contribution in [-0.4, -0.2) is 25.2 Å². The van der Waals surface area contributed by atoms with E-state index in [2.05, 4.69) is 18.5 Å². The zero-order chi connectivity index (χ0) is 12.0. The van der Waals surface area contributed by atoms with E-state index in [0.29, 0.717) is 6.04 Å². The quantitative estimate of drug-likeness (QED) is 0.751. The van der Waals surface area contributed by atoms with Crippen LogP contribution in [0.1, 0.15) is 13.3 Å². The number of nitrogen functional groups attached to an aromatic ring is 1. The normalized spacial score (nSPS) is 12.2. The van der Waals surface area contributed by atoms with Gasteiger partial charge in [-0.2, -0.15) is 11.8 Å². The highest BCUT2D eigenvalue weighted by molar-refractivity contribution is 7.98. The van der Waals surface area contributed by atoms with Gasteiger partial charge in [0.25, 0.3) is 0 Å². The molecule has 90 valence electrons. The van der Waals surface area contributed by atoms with Crippen molar-refractivity contribution in [1.82, 2.24) is 0 Å². The summed E-state index contributed by atoms with van der Waals surface area (Å²) in [6.07, 6.45) is 3.20. The second-order valence-electron chi connectivity index (χ2n) is 3.66. The van der Waals surface area contributed by atoms with E-state index in [1.165, 1.54) is 0 Å². The summed E-state index contributed by atoms with van der Waals surface area (Å²) in [4.78, 5) is 0. The molecule has 0 aliphatic heterocycles. The highest BCUT2D eigenvalue weighted by Crippen LogP contribution is 2.25. The predicted molar refractivity (Wildman–Crippen MR) is 73.5 cm³/mol. The molecule has 0 aliphatic rings. The van der Waals surface area contributed by atoms with Crippen LogP contribution in [0.4, 0.5) is 11.4 Å². The minimum atomic E-state index is 0.464. The molecule has 3 N–H and O–H groups in total. The second kappa shape index (κ2) is 6.53. The average molecular weight is 240 g/mol. The topological polar surface area (TPSA) is 47.3 Å². The lowest BCUT2D eigenvalue weighted by Gasteiger charge is -2.18. The van der Waals surface area contributed by atoms with Gasteiger partial charge >= 0.3 is 0 Å². The van der Waals surface area contributed by atoms with E-state index in [-0.39, 0.29) is 0 Å². The van der Waals surface area contributed by atoms with Crippen LogP contribution in [0.5, 0.6) is 5.75 Å². The lowest BCUT2D eigenvalue weighted by atomic mass is 10.2. The van der Waals surface area contributed by atoms with Crippen molar-refractivity contribution in [2.45, 2.75) is 19.4 Å². The Morgan fingerprint density at radius 1 is 1.50 bits per heavy atom. The van der Waals surface area contributed by atoms with Gasteiger partial charge in [-0.05, 0) is 24.8 Å². The van der Waals surface area contributed by atoms with E-state index in [1.807, 2.05) is 30.0 Å². The Bertz CT molecular complexity index is 331. The summed E-state index contributed by atoms with van der Waals surface area (Å²) in [6.45, 7) is 2.17. The molecule has 0 bridgehead atoms. The van der Waals surface area contributed by atoms with Gasteiger partial charge in [-0.15, -0.1) is 0 Å². The van der Waals surface area contributed by atoms with Crippen LogP contribution in [0.2, 0.25) is 0 Å². The summed E-state index contributed by atoms with van der Waals surface area (Å²) >= 11 is 1.84. The van der Waals surface area contributed by atoms with Gasteiger partial charge in [-0.3, -0.25) is 0 Å². The molecule has 16 heavy (non-hydrogen) atoms. The third kappa shape index (κ3) is 3.52. The first-order chi connectivity index (χ1) is 7.71. The summed E-state index contributed by atoms with van der Waals surface area (Å²) in [6, 6.07) is 6.20. The fraction of sp³-hybridized carbons (Fsp3) is 0.500. The van der Waals surface area contributed by atoms with Crippen molar-refractivity contribution >= 4 is 23.1 Å². The molecule has 1 rings (SSSR count). The molecule has 1 aromatic carbocycles. The van der Waals surface area contributed by atoms with Crippen molar-refractivity contribution < 1.29 is 4.74 Å². The summed E-state index contributed by atoms with van der Waals surface area (Å²) in [5.41, 5.74) is 7.67. The molecule has 1 unspecified atom stereocenters. The van der Waals surface area contributed by atoms with Gasteiger partial charge in [0.2, 0.25) is 0 Å². The minimum absolute atomic E-state index is 0.464. The van der Waals surface area contributed by atoms with Crippen LogP contribution in [0.3, 0.4) is 0 Å². The number of hydrogen-bond acceptors (Lipinski definition) is 4. The Morgan fingerprint density at radius 3 is 2.75 bits per heavy atom. The standard InChI is InChI=1S/C12H20N2OS/c1-4-9(8-16-3)14-12-6-5-10(15-2)7-11(12)13/h5-7,9,14H,4,8,13H2,1-3H3. The number of nitrogens with two attached hydrogens (primary N) is 1. The molecule has 1 atom stereocenters. The van der Waals surface area contributed by atoms with Crippen molar-refractivity contribution in [1.29, 1.82) is 0 Å². The molecule has 3 nitrogen and oxygen atoms in total. The predicted octanol–water partition coefficient (Wildman–Crippen LogP) is 2.83. The second-order valence-corrected chi connectivity index (χ2v) is 4.57. The number of anilines is 2. The molecule has 0 saturated heterocycles. The summed E-state index contributed by atoms with van der Waals surface area (Å²) in [5.74, 6) is 1.88. The Morgan fingerprint density at radius 2 is 2.25 bits per heavy atom. The molecule has 0 spiro atoms. The summed E-state index contributed by atoms with van der Waals surface area (Å²) in [5, 5.41) is 3.45. The number of thioether (sulfide) groups is 1. The average Bonchev–Trinajstić information content (AvgIpc) is 2.30. The van der Waals surface area contributed by atoms with Gasteiger partial charge in [0.05, 0.1) is 18.5 Å². The van der Waals surface area contributed by atoms with Crippen LogP contribution in [-0.2, 0) is 0 Å². The van der Waals surface area contributed by atoms with Gasteiger partial charge in [-0.25, -0.2) is 0 Å². The van der Waals surface area contributed by atoms with Crippen molar-refractivity contribution in [3.05, 3.63) is 18.2 Å². The first kappa shape index (κ1) is 13.0. The van der Waals surface area contributed by atoms with Gasteiger partial charge < -0.3 is 15.8 Å². The zero-order valence-corrected chi connectivity index (χ0v) is 10.9. The van der Waals surface area contributed by atoms with Gasteiger partial charge in [0.15, 0.2) is 0 Å². The van der Waals surface area contributed by atoms with Crippen molar-refractivity contribution in [2.75, 3.05) is 30.2 Å². The zero-order valence-electron chi connectivity index (χ0n) is 10.1. The van der Waals surface area contributed by atoms with Crippen LogP contribution < -0.4 is 15.8 Å². The number of benzene rings is 1. The largest absolute Gasteiger partial charge is 0.497 e. The number of nitrogens with one attached hydrogen (secondary N) is 1. The van der Waals surface area contributed by atoms with E-state index in [4.69, 9.17) is 10.5 Å². The molecule has 0 aliphatic carbocycles. The minimum Gasteiger partial charge on any atom is -0.497 e. The summed E-state index contributed by atoms with van der Waals surface area (Å²) in [7, 11) is 1.64. The molecule has 0 radical (unpaired) electrons. The number of ether oxygens (including phenoxy) is 1. The molecule has 0 aromatic heterocycles. The van der Waals surface area contributed by atoms with Gasteiger partial charge in [-0.1, -0.05) is 6.92 Å². The molecule has 0 amide bonds. The van der Waals surface area contributed by atoms with E-state index in [1.54, 1.807) is 7.11 Å². The van der Waals surface area contributed by atoms with Crippen LogP contribution in [0, 0.1) is 0 Å². The SMILES string of the molecule is CCC(CSC)Nc1ccc(OC)cc1N. The monoisotopic (exact) mass is 240 g/mol. The first-order valence-corrected chi connectivity index (χ1v) is 6.79. The molecule has 0 saturated carbocycles. The molecular weight excluding hydrogens is 220 g/mol. The highest BCUT2D eigenvalue weighted by atomic mass is 32.2. The molecular formula is C12H20N2OS. The maximum absolute atomic E-state index is 5.95. The van der Waals surface area contributed by atoms with E-state index < -0.39 is 0 Å². The smallest absolute Gasteiger partial charge is 0.121 e. The number of rotatable bonds is 6. The number of hydrogen-bond donors (Lipinski definition) is 2. The Hall–Kier alpha value is -1.03. The number of methoxy groups -OCH3 is 1. The maximum Gasteiger partial charge on any atom is 0.121 e. The van der Waals surface area contributed by atoms with Gasteiger partial charge in [0.1, 0.15) is 5.75 Å².